The minimum Gasteiger partial charge on any atom is -0.481 e. The summed E-state index contributed by atoms with van der Waals surface area (Å²) in [5.74, 6) is 4.75. The molecule has 0 saturated heterocycles. The maximum absolute atomic E-state index is 11.3. The monoisotopic (exact) mass is 258 g/mol. The minimum absolute atomic E-state index is 0.135. The molecule has 3 N–H and O–H groups in total. The van der Waals surface area contributed by atoms with E-state index in [-0.39, 0.29) is 4.90 Å². The van der Waals surface area contributed by atoms with E-state index in [2.05, 4.69) is 0 Å². The first-order valence-corrected chi connectivity index (χ1v) is 6.71. The molecule has 0 aliphatic carbocycles. The summed E-state index contributed by atoms with van der Waals surface area (Å²) in [6.45, 7) is 1.51. The van der Waals surface area contributed by atoms with Gasteiger partial charge in [0.1, 0.15) is 5.75 Å². The molecule has 0 spiro atoms. The molecular formula is C10H14N2O4S. The molecule has 1 aromatic carbocycles. The zero-order chi connectivity index (χ0) is 13.1. The third-order valence-electron chi connectivity index (χ3n) is 2.06. The van der Waals surface area contributed by atoms with Crippen molar-refractivity contribution in [2.75, 3.05) is 6.26 Å². The molecule has 0 saturated carbocycles. The van der Waals surface area contributed by atoms with E-state index in [9.17, 15) is 13.2 Å². The van der Waals surface area contributed by atoms with Gasteiger partial charge in [0.25, 0.3) is 5.91 Å². The summed E-state index contributed by atoms with van der Waals surface area (Å²) >= 11 is 0. The molecule has 94 valence electrons. The lowest BCUT2D eigenvalue weighted by atomic mass is 10.3. The molecule has 1 amide bonds. The van der Waals surface area contributed by atoms with E-state index in [0.717, 1.165) is 6.26 Å². The molecule has 1 aromatic rings. The number of hydrazine groups is 1. The second kappa shape index (κ2) is 5.15. The van der Waals surface area contributed by atoms with Crippen molar-refractivity contribution in [2.45, 2.75) is 17.9 Å². The zero-order valence-electron chi connectivity index (χ0n) is 9.51. The first-order valence-electron chi connectivity index (χ1n) is 4.82. The Kier molecular flexibility index (Phi) is 4.08. The Hall–Kier alpha value is -1.60. The van der Waals surface area contributed by atoms with Gasteiger partial charge in [0.2, 0.25) is 0 Å². The van der Waals surface area contributed by atoms with Crippen LogP contribution < -0.4 is 16.0 Å². The molecule has 1 atom stereocenters. The number of ether oxygens (including phenoxy) is 1. The molecule has 0 fully saturated rings. The number of amides is 1. The summed E-state index contributed by atoms with van der Waals surface area (Å²) in [5.41, 5.74) is 1.95. The van der Waals surface area contributed by atoms with Crippen LogP contribution in [-0.4, -0.2) is 26.7 Å². The van der Waals surface area contributed by atoms with Crippen LogP contribution in [0.5, 0.6) is 5.75 Å². The van der Waals surface area contributed by atoms with Crippen molar-refractivity contribution in [1.82, 2.24) is 5.43 Å². The van der Waals surface area contributed by atoms with Crippen LogP contribution in [0.1, 0.15) is 6.92 Å². The third-order valence-corrected chi connectivity index (χ3v) is 3.17. The first kappa shape index (κ1) is 13.5. The summed E-state index contributed by atoms with van der Waals surface area (Å²) in [5, 5.41) is 0. The molecule has 7 heteroatoms. The summed E-state index contributed by atoms with van der Waals surface area (Å²) in [4.78, 5) is 11.3. The largest absolute Gasteiger partial charge is 0.481 e. The molecule has 6 nitrogen and oxygen atoms in total. The van der Waals surface area contributed by atoms with Crippen molar-refractivity contribution in [2.24, 2.45) is 5.84 Å². The lowest BCUT2D eigenvalue weighted by Crippen LogP contribution is -2.40. The number of hydrogen-bond acceptors (Lipinski definition) is 5. The second-order valence-corrected chi connectivity index (χ2v) is 5.53. The molecule has 0 aliphatic heterocycles. The van der Waals surface area contributed by atoms with E-state index in [1.807, 2.05) is 5.43 Å². The number of benzene rings is 1. The van der Waals surface area contributed by atoms with Crippen LogP contribution in [0.2, 0.25) is 0 Å². The highest BCUT2D eigenvalue weighted by Crippen LogP contribution is 2.18. The Labute approximate surface area is 99.7 Å². The van der Waals surface area contributed by atoms with Gasteiger partial charge >= 0.3 is 0 Å². The normalized spacial score (nSPS) is 12.9. The van der Waals surface area contributed by atoms with E-state index in [4.69, 9.17) is 10.6 Å². The van der Waals surface area contributed by atoms with Gasteiger partial charge in [-0.1, -0.05) is 6.07 Å². The standard InChI is InChI=1S/C10H14N2O4S/c1-7(10(13)12-11)16-8-4-3-5-9(6-8)17(2,14)15/h3-7H,11H2,1-2H3,(H,12,13). The summed E-state index contributed by atoms with van der Waals surface area (Å²) in [6, 6.07) is 5.92. The molecule has 0 bridgehead atoms. The van der Waals surface area contributed by atoms with E-state index >= 15 is 0 Å². The summed E-state index contributed by atoms with van der Waals surface area (Å²) in [7, 11) is -3.29. The zero-order valence-corrected chi connectivity index (χ0v) is 10.3. The number of nitrogens with two attached hydrogens (primary N) is 1. The molecule has 1 unspecified atom stereocenters. The van der Waals surface area contributed by atoms with Gasteiger partial charge in [-0.05, 0) is 25.1 Å². The molecule has 0 aromatic heterocycles. The Morgan fingerprint density at radius 3 is 2.65 bits per heavy atom. The molecular weight excluding hydrogens is 244 g/mol. The van der Waals surface area contributed by atoms with Crippen molar-refractivity contribution in [3.05, 3.63) is 24.3 Å². The van der Waals surface area contributed by atoms with E-state index in [1.54, 1.807) is 12.1 Å². The number of carbonyl (C=O) groups excluding carboxylic acids is 1. The Bertz CT molecular complexity index is 513. The Morgan fingerprint density at radius 2 is 2.12 bits per heavy atom. The number of hydrogen-bond donors (Lipinski definition) is 2. The average Bonchev–Trinajstić information content (AvgIpc) is 2.27. The maximum atomic E-state index is 11.3. The fourth-order valence-electron chi connectivity index (χ4n) is 1.15. The van der Waals surface area contributed by atoms with Gasteiger partial charge in [-0.2, -0.15) is 0 Å². The highest BCUT2D eigenvalue weighted by Gasteiger charge is 2.14. The molecule has 0 heterocycles. The smallest absolute Gasteiger partial charge is 0.274 e. The topological polar surface area (TPSA) is 98.5 Å². The van der Waals surface area contributed by atoms with Crippen LogP contribution in [0.15, 0.2) is 29.2 Å². The van der Waals surface area contributed by atoms with Crippen molar-refractivity contribution >= 4 is 15.7 Å². The van der Waals surface area contributed by atoms with Crippen LogP contribution in [-0.2, 0) is 14.6 Å². The van der Waals surface area contributed by atoms with Crippen LogP contribution in [0, 0.1) is 0 Å². The van der Waals surface area contributed by atoms with Gasteiger partial charge in [-0.3, -0.25) is 10.2 Å². The van der Waals surface area contributed by atoms with Gasteiger partial charge in [0, 0.05) is 6.26 Å². The number of sulfone groups is 1. The quantitative estimate of drug-likeness (QED) is 0.444. The molecule has 1 rings (SSSR count). The highest BCUT2D eigenvalue weighted by atomic mass is 32.2. The number of carbonyl (C=O) groups is 1. The van der Waals surface area contributed by atoms with E-state index in [0.29, 0.717) is 5.75 Å². The summed E-state index contributed by atoms with van der Waals surface area (Å²) in [6.07, 6.45) is 0.303. The SMILES string of the molecule is CC(Oc1cccc(S(C)(=O)=O)c1)C(=O)NN. The van der Waals surface area contributed by atoms with Crippen molar-refractivity contribution in [1.29, 1.82) is 0 Å². The molecule has 0 radical (unpaired) electrons. The van der Waals surface area contributed by atoms with Crippen molar-refractivity contribution in [3.8, 4) is 5.75 Å². The van der Waals surface area contributed by atoms with Gasteiger partial charge in [-0.25, -0.2) is 14.3 Å². The van der Waals surface area contributed by atoms with Crippen LogP contribution in [0.25, 0.3) is 0 Å². The third kappa shape index (κ3) is 3.72. The average molecular weight is 258 g/mol. The van der Waals surface area contributed by atoms with Crippen LogP contribution in [0.3, 0.4) is 0 Å². The van der Waals surface area contributed by atoms with Crippen LogP contribution in [0.4, 0.5) is 0 Å². The Morgan fingerprint density at radius 1 is 1.47 bits per heavy atom. The van der Waals surface area contributed by atoms with E-state index < -0.39 is 21.8 Å². The minimum atomic E-state index is -3.29. The first-order chi connectivity index (χ1) is 7.84. The van der Waals surface area contributed by atoms with Gasteiger partial charge in [-0.15, -0.1) is 0 Å². The van der Waals surface area contributed by atoms with Gasteiger partial charge in [0.05, 0.1) is 4.90 Å². The molecule has 0 aliphatic rings. The van der Waals surface area contributed by atoms with E-state index in [1.165, 1.54) is 19.1 Å². The fraction of sp³-hybridized carbons (Fsp3) is 0.300. The van der Waals surface area contributed by atoms with Crippen molar-refractivity contribution in [3.63, 3.8) is 0 Å². The molecule has 17 heavy (non-hydrogen) atoms. The number of rotatable bonds is 4. The lowest BCUT2D eigenvalue weighted by molar-refractivity contribution is -0.127. The second-order valence-electron chi connectivity index (χ2n) is 3.52. The lowest BCUT2D eigenvalue weighted by Gasteiger charge is -2.13. The van der Waals surface area contributed by atoms with Gasteiger partial charge in [0.15, 0.2) is 15.9 Å². The van der Waals surface area contributed by atoms with Gasteiger partial charge < -0.3 is 4.74 Å². The predicted octanol–water partition coefficient (Wildman–Crippen LogP) is -0.153. The summed E-state index contributed by atoms with van der Waals surface area (Å²) < 4.78 is 27.9. The predicted molar refractivity (Wildman–Crippen MR) is 62.0 cm³/mol. The highest BCUT2D eigenvalue weighted by molar-refractivity contribution is 7.90. The number of nitrogens with one attached hydrogen (secondary N) is 1. The van der Waals surface area contributed by atoms with Crippen LogP contribution >= 0.6 is 0 Å². The fourth-order valence-corrected chi connectivity index (χ4v) is 1.81. The maximum Gasteiger partial charge on any atom is 0.274 e. The Balaban J connectivity index is 2.90. The van der Waals surface area contributed by atoms with Crippen molar-refractivity contribution < 1.29 is 17.9 Å².